The number of halogens is 3. The van der Waals surface area contributed by atoms with E-state index >= 15 is 0 Å². The van der Waals surface area contributed by atoms with Crippen LogP contribution in [0.4, 0.5) is 10.1 Å². The molecule has 146 valence electrons. The lowest BCUT2D eigenvalue weighted by Gasteiger charge is -2.17. The first-order chi connectivity index (χ1) is 12.6. The number of anilines is 1. The third-order valence-corrected chi connectivity index (χ3v) is 8.14. The van der Waals surface area contributed by atoms with E-state index in [1.54, 1.807) is 0 Å². The molecule has 3 rings (SSSR count). The minimum absolute atomic E-state index is 0.0289. The van der Waals surface area contributed by atoms with Crippen LogP contribution in [0, 0.1) is 5.82 Å². The summed E-state index contributed by atoms with van der Waals surface area (Å²) in [5, 5.41) is -0.370. The summed E-state index contributed by atoms with van der Waals surface area (Å²) in [7, 11) is -8.18. The van der Waals surface area contributed by atoms with Gasteiger partial charge in [0.25, 0.3) is 10.0 Å². The molecule has 1 aliphatic rings. The largest absolute Gasteiger partial charge is 0.279 e. The quantitative estimate of drug-likeness (QED) is 0.748. The molecule has 0 amide bonds. The molecule has 1 aliphatic heterocycles. The van der Waals surface area contributed by atoms with Gasteiger partial charge in [0.05, 0.1) is 15.7 Å². The van der Waals surface area contributed by atoms with Crippen LogP contribution in [0.15, 0.2) is 46.2 Å². The van der Waals surface area contributed by atoms with Gasteiger partial charge >= 0.3 is 0 Å². The molecular formula is C16H15Cl2FN2O4S2. The predicted octanol–water partition coefficient (Wildman–Crippen LogP) is 3.72. The lowest BCUT2D eigenvalue weighted by atomic mass is 10.3. The minimum Gasteiger partial charge on any atom is -0.279 e. The summed E-state index contributed by atoms with van der Waals surface area (Å²) >= 11 is 11.7. The summed E-state index contributed by atoms with van der Waals surface area (Å²) in [5.74, 6) is -1.09. The second-order valence-electron chi connectivity index (χ2n) is 5.91. The second kappa shape index (κ2) is 7.56. The topological polar surface area (TPSA) is 83.5 Å². The smallest absolute Gasteiger partial charge is 0.264 e. The molecule has 0 aliphatic carbocycles. The summed E-state index contributed by atoms with van der Waals surface area (Å²) in [4.78, 5) is -0.855. The van der Waals surface area contributed by atoms with Gasteiger partial charge < -0.3 is 0 Å². The lowest BCUT2D eigenvalue weighted by Crippen LogP contribution is -2.28. The number of rotatable bonds is 5. The predicted molar refractivity (Wildman–Crippen MR) is 102 cm³/mol. The van der Waals surface area contributed by atoms with Crippen molar-refractivity contribution in [2.45, 2.75) is 22.6 Å². The fourth-order valence-corrected chi connectivity index (χ4v) is 6.13. The molecule has 2 aromatic rings. The highest BCUT2D eigenvalue weighted by Crippen LogP contribution is 2.31. The van der Waals surface area contributed by atoms with E-state index in [2.05, 4.69) is 4.72 Å². The van der Waals surface area contributed by atoms with Crippen molar-refractivity contribution in [1.29, 1.82) is 0 Å². The van der Waals surface area contributed by atoms with Crippen LogP contribution >= 0.6 is 23.2 Å². The monoisotopic (exact) mass is 452 g/mol. The zero-order chi connectivity index (χ0) is 19.8. The van der Waals surface area contributed by atoms with Gasteiger partial charge in [-0.15, -0.1) is 0 Å². The summed E-state index contributed by atoms with van der Waals surface area (Å²) in [6, 6.07) is 7.27. The van der Waals surface area contributed by atoms with Crippen molar-refractivity contribution in [3.8, 4) is 0 Å². The Hall–Kier alpha value is -1.39. The molecule has 0 unspecified atom stereocenters. The summed E-state index contributed by atoms with van der Waals surface area (Å²) in [6.07, 6.45) is 1.49. The van der Waals surface area contributed by atoms with Crippen molar-refractivity contribution in [1.82, 2.24) is 4.31 Å². The van der Waals surface area contributed by atoms with Gasteiger partial charge in [0.15, 0.2) is 5.82 Å². The van der Waals surface area contributed by atoms with Crippen LogP contribution in [0.3, 0.4) is 0 Å². The van der Waals surface area contributed by atoms with E-state index < -0.39 is 30.8 Å². The van der Waals surface area contributed by atoms with Gasteiger partial charge in [-0.3, -0.25) is 4.72 Å². The van der Waals surface area contributed by atoms with Crippen molar-refractivity contribution in [3.63, 3.8) is 0 Å². The van der Waals surface area contributed by atoms with Gasteiger partial charge in [-0.1, -0.05) is 29.3 Å². The minimum atomic E-state index is -4.32. The normalized spacial score (nSPS) is 15.8. The zero-order valence-corrected chi connectivity index (χ0v) is 17.0. The van der Waals surface area contributed by atoms with Gasteiger partial charge in [-0.05, 0) is 43.2 Å². The molecule has 11 heteroatoms. The standard InChI is InChI=1S/C16H15Cl2FN2O4S2/c17-12-7-6-11(10-15(12)27(24,25)21-8-1-2-9-21)20-26(22,23)14-5-3-4-13(18)16(14)19/h3-7,10,20H,1-2,8-9H2. The molecule has 2 aromatic carbocycles. The molecule has 1 heterocycles. The van der Waals surface area contributed by atoms with E-state index in [0.29, 0.717) is 13.1 Å². The van der Waals surface area contributed by atoms with E-state index in [9.17, 15) is 21.2 Å². The number of nitrogens with zero attached hydrogens (tertiary/aromatic N) is 1. The lowest BCUT2D eigenvalue weighted by molar-refractivity contribution is 0.477. The van der Waals surface area contributed by atoms with Crippen LogP contribution in [-0.4, -0.2) is 34.2 Å². The summed E-state index contributed by atoms with van der Waals surface area (Å²) in [5.41, 5.74) is -0.0588. The van der Waals surface area contributed by atoms with Crippen LogP contribution in [0.5, 0.6) is 0 Å². The average molecular weight is 453 g/mol. The van der Waals surface area contributed by atoms with Crippen molar-refractivity contribution in [2.24, 2.45) is 0 Å². The van der Waals surface area contributed by atoms with E-state index in [4.69, 9.17) is 23.2 Å². The Morgan fingerprint density at radius 3 is 2.26 bits per heavy atom. The Kier molecular flexibility index (Phi) is 5.69. The third-order valence-electron chi connectivity index (χ3n) is 4.07. The fourth-order valence-electron chi connectivity index (χ4n) is 2.73. The number of sulfonamides is 2. The van der Waals surface area contributed by atoms with Crippen LogP contribution in [0.1, 0.15) is 12.8 Å². The first-order valence-corrected chi connectivity index (χ1v) is 11.6. The maximum absolute atomic E-state index is 14.1. The molecule has 27 heavy (non-hydrogen) atoms. The highest BCUT2D eigenvalue weighted by Gasteiger charge is 2.30. The molecule has 0 radical (unpaired) electrons. The molecule has 0 saturated carbocycles. The Bertz CT molecular complexity index is 1090. The molecule has 0 aromatic heterocycles. The maximum atomic E-state index is 14.1. The molecule has 1 N–H and O–H groups in total. The Labute approximate surface area is 167 Å². The number of benzene rings is 2. The van der Waals surface area contributed by atoms with Crippen molar-refractivity contribution < 1.29 is 21.2 Å². The van der Waals surface area contributed by atoms with Gasteiger partial charge in [-0.2, -0.15) is 4.31 Å². The molecule has 1 saturated heterocycles. The SMILES string of the molecule is O=S(=O)(Nc1ccc(Cl)c(S(=O)(=O)N2CCCC2)c1)c1cccc(Cl)c1F. The van der Waals surface area contributed by atoms with Gasteiger partial charge in [0.2, 0.25) is 10.0 Å². The van der Waals surface area contributed by atoms with Crippen LogP contribution in [-0.2, 0) is 20.0 Å². The highest BCUT2D eigenvalue weighted by molar-refractivity contribution is 7.92. The summed E-state index contributed by atoms with van der Waals surface area (Å²) in [6.45, 7) is 0.755. The van der Waals surface area contributed by atoms with Crippen molar-refractivity contribution >= 4 is 48.9 Å². The second-order valence-corrected chi connectivity index (χ2v) is 10.3. The molecule has 6 nitrogen and oxygen atoms in total. The summed E-state index contributed by atoms with van der Waals surface area (Å²) < 4.78 is 67.9. The molecule has 0 spiro atoms. The van der Waals surface area contributed by atoms with E-state index in [-0.39, 0.29) is 20.6 Å². The number of hydrogen-bond acceptors (Lipinski definition) is 4. The molecular weight excluding hydrogens is 438 g/mol. The van der Waals surface area contributed by atoms with Crippen molar-refractivity contribution in [2.75, 3.05) is 17.8 Å². The van der Waals surface area contributed by atoms with Crippen LogP contribution < -0.4 is 4.72 Å². The first kappa shape index (κ1) is 20.3. The average Bonchev–Trinajstić information content (AvgIpc) is 3.14. The Morgan fingerprint density at radius 2 is 1.59 bits per heavy atom. The first-order valence-electron chi connectivity index (χ1n) is 7.89. The number of nitrogens with one attached hydrogen (secondary N) is 1. The van der Waals surface area contributed by atoms with Gasteiger partial charge in [0.1, 0.15) is 9.79 Å². The van der Waals surface area contributed by atoms with E-state index in [1.807, 2.05) is 0 Å². The third kappa shape index (κ3) is 4.07. The molecule has 0 atom stereocenters. The van der Waals surface area contributed by atoms with E-state index in [0.717, 1.165) is 25.0 Å². The van der Waals surface area contributed by atoms with Crippen LogP contribution in [0.2, 0.25) is 10.0 Å². The van der Waals surface area contributed by atoms with Gasteiger partial charge in [-0.25, -0.2) is 21.2 Å². The maximum Gasteiger partial charge on any atom is 0.264 e. The fraction of sp³-hybridized carbons (Fsp3) is 0.250. The Balaban J connectivity index is 1.98. The molecule has 1 fully saturated rings. The highest BCUT2D eigenvalue weighted by atomic mass is 35.5. The zero-order valence-electron chi connectivity index (χ0n) is 13.8. The van der Waals surface area contributed by atoms with E-state index in [1.165, 1.54) is 28.6 Å². The Morgan fingerprint density at radius 1 is 0.926 bits per heavy atom. The van der Waals surface area contributed by atoms with Crippen molar-refractivity contribution in [3.05, 3.63) is 52.3 Å². The van der Waals surface area contributed by atoms with Crippen LogP contribution in [0.25, 0.3) is 0 Å². The number of hydrogen-bond donors (Lipinski definition) is 1. The van der Waals surface area contributed by atoms with Gasteiger partial charge in [0, 0.05) is 13.1 Å². The molecule has 0 bridgehead atoms.